The molecule has 2 aromatic rings. The van der Waals surface area contributed by atoms with Crippen LogP contribution in [0.3, 0.4) is 0 Å². The summed E-state index contributed by atoms with van der Waals surface area (Å²) in [5.74, 6) is 0.158. The number of carbonyl (C=O) groups excluding carboxylic acids is 2. The molecule has 12 nitrogen and oxygen atoms in total. The number of ether oxygens (including phenoxy) is 3. The van der Waals surface area contributed by atoms with Crippen LogP contribution < -0.4 is 20.7 Å². The van der Waals surface area contributed by atoms with Gasteiger partial charge in [-0.15, -0.1) is 0 Å². The van der Waals surface area contributed by atoms with Crippen molar-refractivity contribution in [3.8, 4) is 6.01 Å². The summed E-state index contributed by atoms with van der Waals surface area (Å²) in [5.41, 5.74) is 1.23. The molecule has 12 heteroatoms. The second kappa shape index (κ2) is 9.87. The zero-order chi connectivity index (χ0) is 23.5. The maximum absolute atomic E-state index is 12.0. The maximum atomic E-state index is 12.0. The first kappa shape index (κ1) is 23.2. The molecule has 0 radical (unpaired) electrons. The van der Waals surface area contributed by atoms with Gasteiger partial charge in [0.1, 0.15) is 12.1 Å². The largest absolute Gasteiger partial charge is 0.460 e. The van der Waals surface area contributed by atoms with Crippen molar-refractivity contribution in [3.63, 3.8) is 0 Å². The molecule has 3 atom stereocenters. The lowest BCUT2D eigenvalue weighted by Gasteiger charge is -2.23. The van der Waals surface area contributed by atoms with Crippen molar-refractivity contribution in [2.45, 2.75) is 76.3 Å². The fraction of sp³-hybridized carbons (Fsp3) is 0.667. The predicted octanol–water partition coefficient (Wildman–Crippen LogP) is 1.05. The highest BCUT2D eigenvalue weighted by atomic mass is 16.5. The van der Waals surface area contributed by atoms with Crippen molar-refractivity contribution in [1.82, 2.24) is 30.2 Å². The molecule has 2 aliphatic rings. The number of amides is 3. The summed E-state index contributed by atoms with van der Waals surface area (Å²) in [5, 5.41) is 12.6. The molecule has 1 saturated carbocycles. The molecule has 33 heavy (non-hydrogen) atoms. The predicted molar refractivity (Wildman–Crippen MR) is 118 cm³/mol. The topological polar surface area (TPSA) is 141 Å². The number of aromatic nitrogens is 4. The van der Waals surface area contributed by atoms with E-state index in [0.29, 0.717) is 36.0 Å². The Morgan fingerprint density at radius 2 is 1.85 bits per heavy atom. The van der Waals surface area contributed by atoms with Crippen LogP contribution in [0.15, 0.2) is 6.20 Å². The molecule has 0 bridgehead atoms. The number of carbonyl (C=O) groups is 2. The van der Waals surface area contributed by atoms with E-state index in [1.807, 2.05) is 13.8 Å². The average Bonchev–Trinajstić information content (AvgIpc) is 3.42. The lowest BCUT2D eigenvalue weighted by atomic mass is 10.1. The van der Waals surface area contributed by atoms with E-state index >= 15 is 0 Å². The van der Waals surface area contributed by atoms with Gasteiger partial charge in [-0.2, -0.15) is 19.6 Å². The fourth-order valence-corrected chi connectivity index (χ4v) is 3.70. The quantitative estimate of drug-likeness (QED) is 0.395. The first-order chi connectivity index (χ1) is 15.9. The Labute approximate surface area is 191 Å². The molecule has 180 valence electrons. The zero-order valence-corrected chi connectivity index (χ0v) is 19.3. The summed E-state index contributed by atoms with van der Waals surface area (Å²) in [7, 11) is 3.33. The molecule has 3 amide bonds. The summed E-state index contributed by atoms with van der Waals surface area (Å²) in [6.45, 7) is 3.96. The number of hydrogen-bond acceptors (Lipinski definition) is 9. The molecule has 1 aliphatic heterocycles. The Hall–Kier alpha value is -2.99. The van der Waals surface area contributed by atoms with Crippen LogP contribution in [0.25, 0.3) is 5.65 Å². The highest BCUT2D eigenvalue weighted by Gasteiger charge is 2.31. The summed E-state index contributed by atoms with van der Waals surface area (Å²) < 4.78 is 18.7. The molecule has 2 aromatic heterocycles. The zero-order valence-electron chi connectivity index (χ0n) is 19.3. The van der Waals surface area contributed by atoms with Gasteiger partial charge in [0, 0.05) is 45.1 Å². The Morgan fingerprint density at radius 1 is 1.15 bits per heavy atom. The summed E-state index contributed by atoms with van der Waals surface area (Å²) in [6, 6.07) is -0.633. The van der Waals surface area contributed by atoms with Crippen molar-refractivity contribution in [3.05, 3.63) is 11.8 Å². The third-order valence-corrected chi connectivity index (χ3v) is 5.88. The molecule has 3 N–H and O–H groups in total. The number of rotatable bonds is 12. The van der Waals surface area contributed by atoms with Crippen molar-refractivity contribution < 1.29 is 23.8 Å². The van der Waals surface area contributed by atoms with Gasteiger partial charge in [0.2, 0.25) is 5.95 Å². The number of anilines is 1. The number of urea groups is 1. The van der Waals surface area contributed by atoms with Crippen LogP contribution in [0.1, 0.15) is 45.1 Å². The first-order valence-corrected chi connectivity index (χ1v) is 11.2. The van der Waals surface area contributed by atoms with Gasteiger partial charge in [-0.1, -0.05) is 0 Å². The van der Waals surface area contributed by atoms with Crippen molar-refractivity contribution in [2.24, 2.45) is 0 Å². The number of imide groups is 1. The number of nitrogens with one attached hydrogen (secondary N) is 3. The van der Waals surface area contributed by atoms with Gasteiger partial charge < -0.3 is 24.8 Å². The van der Waals surface area contributed by atoms with E-state index in [1.165, 1.54) is 0 Å². The Bertz CT molecular complexity index is 996. The number of methoxy groups -OCH3 is 2. The molecule has 1 saturated heterocycles. The number of hydrogen-bond donors (Lipinski definition) is 3. The molecule has 1 aliphatic carbocycles. The minimum absolute atomic E-state index is 0.0122. The van der Waals surface area contributed by atoms with Crippen LogP contribution >= 0.6 is 0 Å². The summed E-state index contributed by atoms with van der Waals surface area (Å²) in [4.78, 5) is 32.7. The Morgan fingerprint density at radius 3 is 2.42 bits per heavy atom. The van der Waals surface area contributed by atoms with Crippen molar-refractivity contribution >= 4 is 23.5 Å². The van der Waals surface area contributed by atoms with E-state index in [1.54, 1.807) is 24.9 Å². The van der Waals surface area contributed by atoms with Gasteiger partial charge in [0.05, 0.1) is 18.4 Å². The van der Waals surface area contributed by atoms with Crippen LogP contribution in [0.5, 0.6) is 6.01 Å². The molecule has 3 heterocycles. The lowest BCUT2D eigenvalue weighted by molar-refractivity contribution is -0.120. The second-order valence-corrected chi connectivity index (χ2v) is 8.68. The molecule has 0 aromatic carbocycles. The number of fused-ring (bicyclic) bond motifs is 1. The van der Waals surface area contributed by atoms with Gasteiger partial charge in [0.25, 0.3) is 5.91 Å². The van der Waals surface area contributed by atoms with Crippen LogP contribution in [0.4, 0.5) is 10.7 Å². The smallest absolute Gasteiger partial charge is 0.322 e. The van der Waals surface area contributed by atoms with Gasteiger partial charge >= 0.3 is 12.0 Å². The van der Waals surface area contributed by atoms with Crippen molar-refractivity contribution in [2.75, 3.05) is 19.5 Å². The molecule has 4 rings (SSSR count). The highest BCUT2D eigenvalue weighted by Crippen LogP contribution is 2.27. The lowest BCUT2D eigenvalue weighted by Crippen LogP contribution is -2.31. The minimum atomic E-state index is -0.678. The third-order valence-electron chi connectivity index (χ3n) is 5.88. The monoisotopic (exact) mass is 461 g/mol. The second-order valence-electron chi connectivity index (χ2n) is 8.68. The minimum Gasteiger partial charge on any atom is -0.460 e. The van der Waals surface area contributed by atoms with Crippen molar-refractivity contribution in [1.29, 1.82) is 0 Å². The molecule has 0 spiro atoms. The highest BCUT2D eigenvalue weighted by molar-refractivity contribution is 6.04. The summed E-state index contributed by atoms with van der Waals surface area (Å²) in [6.07, 6.45) is 5.05. The van der Waals surface area contributed by atoms with Crippen LogP contribution in [0, 0.1) is 0 Å². The van der Waals surface area contributed by atoms with E-state index in [9.17, 15) is 9.59 Å². The van der Waals surface area contributed by atoms with Gasteiger partial charge in [-0.3, -0.25) is 10.1 Å². The fourth-order valence-electron chi connectivity index (χ4n) is 3.70. The van der Waals surface area contributed by atoms with E-state index in [-0.39, 0.29) is 36.7 Å². The SMILES string of the molecule is COC(C)CC(CC(C)OC)Oc1nc(NC2CC2)n2ncc(CC3NC(=O)NC3=O)c2n1. The van der Waals surface area contributed by atoms with E-state index in [0.717, 1.165) is 12.8 Å². The molecular weight excluding hydrogens is 430 g/mol. The molecule has 2 fully saturated rings. The standard InChI is InChI=1S/C21H31N7O5/c1-11(31-3)7-15(8-12(2)32-4)33-21-25-17-13(9-16-18(29)26-20(30)24-16)10-22-28(17)19(27-21)23-14-5-6-14/h10-12,14-16H,5-9H2,1-4H3,(H,23,25,27)(H2,24,26,29,30). The van der Waals surface area contributed by atoms with E-state index < -0.39 is 12.1 Å². The third kappa shape index (κ3) is 5.69. The Kier molecular flexibility index (Phi) is 6.94. The maximum Gasteiger partial charge on any atom is 0.322 e. The Balaban J connectivity index is 1.63. The van der Waals surface area contributed by atoms with Crippen LogP contribution in [-0.2, 0) is 20.7 Å². The summed E-state index contributed by atoms with van der Waals surface area (Å²) >= 11 is 0. The van der Waals surface area contributed by atoms with Crippen LogP contribution in [0.2, 0.25) is 0 Å². The normalized spacial score (nSPS) is 20.9. The van der Waals surface area contributed by atoms with E-state index in [4.69, 9.17) is 14.2 Å². The molecule has 3 unspecified atom stereocenters. The van der Waals surface area contributed by atoms with E-state index in [2.05, 4.69) is 31.0 Å². The molecular formula is C21H31N7O5. The first-order valence-electron chi connectivity index (χ1n) is 11.2. The van der Waals surface area contributed by atoms with Gasteiger partial charge in [-0.05, 0) is 26.7 Å². The van der Waals surface area contributed by atoms with Gasteiger partial charge in [0.15, 0.2) is 5.65 Å². The van der Waals surface area contributed by atoms with Gasteiger partial charge in [-0.25, -0.2) is 4.79 Å². The number of nitrogens with zero attached hydrogens (tertiary/aromatic N) is 4. The average molecular weight is 462 g/mol. The van der Waals surface area contributed by atoms with Crippen LogP contribution in [-0.4, -0.2) is 76.1 Å².